The molecule has 0 saturated carbocycles. The summed E-state index contributed by atoms with van der Waals surface area (Å²) in [4.78, 5) is 12.4. The molecule has 0 aliphatic carbocycles. The molecule has 0 aliphatic rings. The number of hydrogen-bond donors (Lipinski definition) is 1. The Bertz CT molecular complexity index is 687. The number of carbonyl (C=O) groups is 1. The maximum absolute atomic E-state index is 12.4. The number of halogens is 1. The number of carbonyl (C=O) groups excluding carboxylic acids is 1. The molecule has 0 fully saturated rings. The Morgan fingerprint density at radius 1 is 1.00 bits per heavy atom. The molecule has 0 spiro atoms. The van der Waals surface area contributed by atoms with E-state index in [4.69, 9.17) is 16.3 Å². The van der Waals surface area contributed by atoms with Crippen LogP contribution >= 0.6 is 11.6 Å². The zero-order valence-corrected chi connectivity index (χ0v) is 16.0. The molecule has 134 valence electrons. The lowest BCUT2D eigenvalue weighted by Gasteiger charge is -2.26. The van der Waals surface area contributed by atoms with Gasteiger partial charge in [-0.2, -0.15) is 0 Å². The van der Waals surface area contributed by atoms with Gasteiger partial charge in [0.25, 0.3) is 5.91 Å². The molecule has 4 heteroatoms. The lowest BCUT2D eigenvalue weighted by Crippen LogP contribution is -2.42. The van der Waals surface area contributed by atoms with Gasteiger partial charge in [0.1, 0.15) is 12.4 Å². The van der Waals surface area contributed by atoms with Crippen LogP contribution in [0, 0.1) is 11.8 Å². The second kappa shape index (κ2) is 8.91. The van der Waals surface area contributed by atoms with E-state index >= 15 is 0 Å². The SMILES string of the molecule is CC(C)C(NC(=O)c1ccc(OCc2ccccc2Cl)cc1)C(C)C. The van der Waals surface area contributed by atoms with Gasteiger partial charge in [-0.15, -0.1) is 0 Å². The molecule has 0 bridgehead atoms. The van der Waals surface area contributed by atoms with Crippen molar-refractivity contribution in [3.63, 3.8) is 0 Å². The topological polar surface area (TPSA) is 38.3 Å². The van der Waals surface area contributed by atoms with Gasteiger partial charge in [-0.1, -0.05) is 57.5 Å². The molecule has 25 heavy (non-hydrogen) atoms. The maximum Gasteiger partial charge on any atom is 0.251 e. The van der Waals surface area contributed by atoms with E-state index in [2.05, 4.69) is 33.0 Å². The first-order valence-corrected chi connectivity index (χ1v) is 9.03. The molecule has 0 aromatic heterocycles. The van der Waals surface area contributed by atoms with Crippen LogP contribution in [0.15, 0.2) is 48.5 Å². The Kier molecular flexibility index (Phi) is 6.89. The number of benzene rings is 2. The quantitative estimate of drug-likeness (QED) is 0.725. The van der Waals surface area contributed by atoms with E-state index in [0.29, 0.717) is 34.8 Å². The number of nitrogens with one attached hydrogen (secondary N) is 1. The summed E-state index contributed by atoms with van der Waals surface area (Å²) >= 11 is 6.12. The van der Waals surface area contributed by atoms with Gasteiger partial charge in [0.2, 0.25) is 0 Å². The highest BCUT2D eigenvalue weighted by Crippen LogP contribution is 2.19. The van der Waals surface area contributed by atoms with Crippen LogP contribution in [0.4, 0.5) is 0 Å². The molecule has 2 aromatic carbocycles. The highest BCUT2D eigenvalue weighted by Gasteiger charge is 2.20. The summed E-state index contributed by atoms with van der Waals surface area (Å²) in [6, 6.07) is 14.9. The van der Waals surface area contributed by atoms with Crippen molar-refractivity contribution in [2.45, 2.75) is 40.3 Å². The molecule has 2 rings (SSSR count). The molecule has 0 aliphatic heterocycles. The van der Waals surface area contributed by atoms with Crippen LogP contribution in [0.5, 0.6) is 5.75 Å². The third-order valence-corrected chi connectivity index (χ3v) is 4.57. The summed E-state index contributed by atoms with van der Waals surface area (Å²) in [7, 11) is 0. The van der Waals surface area contributed by atoms with Gasteiger partial charge in [-0.3, -0.25) is 4.79 Å². The van der Waals surface area contributed by atoms with E-state index in [1.165, 1.54) is 0 Å². The van der Waals surface area contributed by atoms with Crippen LogP contribution in [0.1, 0.15) is 43.6 Å². The van der Waals surface area contributed by atoms with Crippen molar-refractivity contribution >= 4 is 17.5 Å². The van der Waals surface area contributed by atoms with Crippen molar-refractivity contribution < 1.29 is 9.53 Å². The number of amides is 1. The number of hydrogen-bond acceptors (Lipinski definition) is 2. The van der Waals surface area contributed by atoms with Crippen molar-refractivity contribution in [3.8, 4) is 5.75 Å². The van der Waals surface area contributed by atoms with Gasteiger partial charge < -0.3 is 10.1 Å². The maximum atomic E-state index is 12.4. The van der Waals surface area contributed by atoms with Crippen LogP contribution < -0.4 is 10.1 Å². The lowest BCUT2D eigenvalue weighted by atomic mass is 9.93. The summed E-state index contributed by atoms with van der Waals surface area (Å²) in [5.41, 5.74) is 1.57. The lowest BCUT2D eigenvalue weighted by molar-refractivity contribution is 0.0910. The minimum absolute atomic E-state index is 0.0509. The third kappa shape index (κ3) is 5.50. The van der Waals surface area contributed by atoms with Gasteiger partial charge in [0.05, 0.1) is 0 Å². The zero-order valence-electron chi connectivity index (χ0n) is 15.3. The Balaban J connectivity index is 1.97. The summed E-state index contributed by atoms with van der Waals surface area (Å²) in [6.07, 6.45) is 0. The van der Waals surface area contributed by atoms with Gasteiger partial charge in [-0.25, -0.2) is 0 Å². The van der Waals surface area contributed by atoms with E-state index < -0.39 is 0 Å². The Hall–Kier alpha value is -2.00. The van der Waals surface area contributed by atoms with E-state index in [-0.39, 0.29) is 11.9 Å². The zero-order chi connectivity index (χ0) is 18.4. The standard InChI is InChI=1S/C21H26ClNO2/c1-14(2)20(15(3)4)23-21(24)16-9-11-18(12-10-16)25-13-17-7-5-6-8-19(17)22/h5-12,14-15,20H,13H2,1-4H3,(H,23,24). The molecule has 0 saturated heterocycles. The Morgan fingerprint density at radius 3 is 2.16 bits per heavy atom. The first kappa shape index (κ1) is 19.3. The van der Waals surface area contributed by atoms with E-state index in [0.717, 1.165) is 5.56 Å². The summed E-state index contributed by atoms with van der Waals surface area (Å²) in [5, 5.41) is 3.81. The smallest absolute Gasteiger partial charge is 0.251 e. The van der Waals surface area contributed by atoms with Crippen molar-refractivity contribution in [3.05, 3.63) is 64.7 Å². The molecule has 0 atom stereocenters. The van der Waals surface area contributed by atoms with Crippen LogP contribution in [0.3, 0.4) is 0 Å². The van der Waals surface area contributed by atoms with Crippen molar-refractivity contribution in [2.24, 2.45) is 11.8 Å². The second-order valence-electron chi connectivity index (χ2n) is 6.89. The molecule has 1 N–H and O–H groups in total. The van der Waals surface area contributed by atoms with Crippen molar-refractivity contribution in [2.75, 3.05) is 0 Å². The number of rotatable bonds is 7. The predicted octanol–water partition coefficient (Wildman–Crippen LogP) is 5.33. The predicted molar refractivity (Wildman–Crippen MR) is 103 cm³/mol. The highest BCUT2D eigenvalue weighted by molar-refractivity contribution is 6.31. The van der Waals surface area contributed by atoms with E-state index in [9.17, 15) is 4.79 Å². The molecule has 2 aromatic rings. The number of ether oxygens (including phenoxy) is 1. The molecule has 3 nitrogen and oxygen atoms in total. The summed E-state index contributed by atoms with van der Waals surface area (Å²) in [6.45, 7) is 8.88. The summed E-state index contributed by atoms with van der Waals surface area (Å²) in [5.74, 6) is 1.44. The third-order valence-electron chi connectivity index (χ3n) is 4.20. The summed E-state index contributed by atoms with van der Waals surface area (Å²) < 4.78 is 5.75. The normalized spacial score (nSPS) is 11.2. The van der Waals surface area contributed by atoms with Crippen LogP contribution in [-0.4, -0.2) is 11.9 Å². The molecule has 0 radical (unpaired) electrons. The first-order chi connectivity index (χ1) is 11.9. The van der Waals surface area contributed by atoms with Gasteiger partial charge >= 0.3 is 0 Å². The van der Waals surface area contributed by atoms with Crippen molar-refractivity contribution in [1.82, 2.24) is 5.32 Å². The fraction of sp³-hybridized carbons (Fsp3) is 0.381. The van der Waals surface area contributed by atoms with Crippen LogP contribution in [-0.2, 0) is 6.61 Å². The second-order valence-corrected chi connectivity index (χ2v) is 7.30. The van der Waals surface area contributed by atoms with Crippen molar-refractivity contribution in [1.29, 1.82) is 0 Å². The highest BCUT2D eigenvalue weighted by atomic mass is 35.5. The minimum atomic E-state index is -0.0509. The van der Waals surface area contributed by atoms with Gasteiger partial charge in [-0.05, 0) is 42.2 Å². The Morgan fingerprint density at radius 2 is 1.60 bits per heavy atom. The van der Waals surface area contributed by atoms with Gasteiger partial charge in [0, 0.05) is 22.2 Å². The monoisotopic (exact) mass is 359 g/mol. The van der Waals surface area contributed by atoms with E-state index in [1.807, 2.05) is 36.4 Å². The molecule has 0 heterocycles. The minimum Gasteiger partial charge on any atom is -0.489 e. The molecular weight excluding hydrogens is 334 g/mol. The van der Waals surface area contributed by atoms with Crippen LogP contribution in [0.25, 0.3) is 0 Å². The van der Waals surface area contributed by atoms with Gasteiger partial charge in [0.15, 0.2) is 0 Å². The largest absolute Gasteiger partial charge is 0.489 e. The molecule has 0 unspecified atom stereocenters. The fourth-order valence-corrected chi connectivity index (χ4v) is 3.01. The molecular formula is C21H26ClNO2. The van der Waals surface area contributed by atoms with Crippen LogP contribution in [0.2, 0.25) is 5.02 Å². The Labute approximate surface area is 155 Å². The fourth-order valence-electron chi connectivity index (χ4n) is 2.82. The average Bonchev–Trinajstić information content (AvgIpc) is 2.58. The van der Waals surface area contributed by atoms with E-state index in [1.54, 1.807) is 12.1 Å². The molecule has 1 amide bonds. The first-order valence-electron chi connectivity index (χ1n) is 8.65. The average molecular weight is 360 g/mol.